The molecule has 1 unspecified atom stereocenters. The number of rotatable bonds is 6. The van der Waals surface area contributed by atoms with Gasteiger partial charge in [-0.2, -0.15) is 0 Å². The summed E-state index contributed by atoms with van der Waals surface area (Å²) in [6, 6.07) is 15.7. The molecule has 212 valence electrons. The Kier molecular flexibility index (Phi) is 6.65. The Morgan fingerprint density at radius 1 is 0.952 bits per heavy atom. The molecule has 1 aromatic heterocycles. The molecule has 0 bridgehead atoms. The van der Waals surface area contributed by atoms with Gasteiger partial charge in [0.05, 0.1) is 23.2 Å². The van der Waals surface area contributed by atoms with Gasteiger partial charge in [0.15, 0.2) is 5.58 Å². The summed E-state index contributed by atoms with van der Waals surface area (Å²) in [5, 5.41) is 7.55. The molecule has 2 aliphatic heterocycles. The lowest BCUT2D eigenvalue weighted by molar-refractivity contribution is -0.136. The molecule has 3 aromatic carbocycles. The van der Waals surface area contributed by atoms with Crippen molar-refractivity contribution in [3.8, 4) is 0 Å². The Morgan fingerprint density at radius 3 is 2.55 bits per heavy atom. The van der Waals surface area contributed by atoms with Crippen molar-refractivity contribution in [2.45, 2.75) is 38.9 Å². The molecule has 1 atom stereocenters. The van der Waals surface area contributed by atoms with Gasteiger partial charge in [-0.1, -0.05) is 35.9 Å². The van der Waals surface area contributed by atoms with Crippen LogP contribution in [0, 0.1) is 6.92 Å². The van der Waals surface area contributed by atoms with Crippen LogP contribution in [0.25, 0.3) is 11.1 Å². The molecule has 4 aromatic rings. The zero-order valence-corrected chi connectivity index (χ0v) is 22.4. The highest BCUT2D eigenvalue weighted by Gasteiger charge is 2.44. The van der Waals surface area contributed by atoms with E-state index >= 15 is 0 Å². The molecule has 2 aliphatic rings. The van der Waals surface area contributed by atoms with E-state index in [1.54, 1.807) is 24.3 Å². The first kappa shape index (κ1) is 26.7. The highest BCUT2D eigenvalue weighted by atomic mass is 16.4. The third-order valence-corrected chi connectivity index (χ3v) is 7.31. The largest absolute Gasteiger partial charge is 0.420 e. The second kappa shape index (κ2) is 10.5. The number of amides is 6. The van der Waals surface area contributed by atoms with Crippen LogP contribution in [0.2, 0.25) is 0 Å². The molecule has 0 saturated carbocycles. The highest BCUT2D eigenvalue weighted by Crippen LogP contribution is 2.28. The summed E-state index contributed by atoms with van der Waals surface area (Å²) in [6.07, 6.45) is 0.101. The zero-order valence-electron chi connectivity index (χ0n) is 22.4. The predicted octanol–water partition coefficient (Wildman–Crippen LogP) is 2.67. The molecule has 6 rings (SSSR count). The quantitative estimate of drug-likeness (QED) is 0.302. The third-order valence-electron chi connectivity index (χ3n) is 7.31. The molecule has 1 saturated heterocycles. The summed E-state index contributed by atoms with van der Waals surface area (Å²) in [5.74, 6) is -2.86. The van der Waals surface area contributed by atoms with Gasteiger partial charge in [0.25, 0.3) is 11.8 Å². The van der Waals surface area contributed by atoms with Gasteiger partial charge in [0, 0.05) is 24.7 Å². The molecule has 12 nitrogen and oxygen atoms in total. The monoisotopic (exact) mass is 567 g/mol. The first-order valence-electron chi connectivity index (χ1n) is 13.3. The molecular weight excluding hydrogens is 542 g/mol. The Bertz CT molecular complexity index is 1870. The lowest BCUT2D eigenvalue weighted by Crippen LogP contribution is -2.54. The first-order chi connectivity index (χ1) is 20.2. The number of anilines is 1. The molecule has 42 heavy (non-hydrogen) atoms. The number of carbonyl (C=O) groups is 5. The van der Waals surface area contributed by atoms with E-state index in [-0.39, 0.29) is 30.5 Å². The fourth-order valence-corrected chi connectivity index (χ4v) is 5.27. The Morgan fingerprint density at radius 2 is 1.76 bits per heavy atom. The summed E-state index contributed by atoms with van der Waals surface area (Å²) in [4.78, 5) is 75.6. The Hall–Kier alpha value is -5.52. The number of piperidine rings is 1. The number of hydrogen-bond donors (Lipinski definition) is 3. The van der Waals surface area contributed by atoms with Gasteiger partial charge in [0.2, 0.25) is 11.8 Å². The van der Waals surface area contributed by atoms with Gasteiger partial charge in [-0.25, -0.2) is 9.59 Å². The molecule has 12 heteroatoms. The van der Waals surface area contributed by atoms with E-state index in [1.165, 1.54) is 16.7 Å². The van der Waals surface area contributed by atoms with E-state index in [4.69, 9.17) is 4.42 Å². The number of nitrogens with zero attached hydrogens (tertiary/aromatic N) is 2. The number of nitrogens with one attached hydrogen (secondary N) is 3. The van der Waals surface area contributed by atoms with E-state index in [0.717, 1.165) is 16.0 Å². The Balaban J connectivity index is 1.11. The van der Waals surface area contributed by atoms with Crippen LogP contribution in [0.4, 0.5) is 10.5 Å². The fraction of sp³-hybridized carbons (Fsp3) is 0.200. The van der Waals surface area contributed by atoms with Crippen LogP contribution >= 0.6 is 0 Å². The van der Waals surface area contributed by atoms with Crippen molar-refractivity contribution >= 4 is 46.4 Å². The van der Waals surface area contributed by atoms with Crippen LogP contribution in [0.3, 0.4) is 0 Å². The van der Waals surface area contributed by atoms with E-state index in [1.807, 2.05) is 31.2 Å². The SMILES string of the molecule is Cc1cccc(Cn2c(=O)oc3cc(NC(=O)NCc4ccc5c(c4)C(=O)N(C4CCC(=O)NC4=O)C5=O)ccc32)c1. The van der Waals surface area contributed by atoms with Crippen LogP contribution < -0.4 is 21.7 Å². The van der Waals surface area contributed by atoms with Crippen molar-refractivity contribution in [3.05, 3.63) is 99.0 Å². The van der Waals surface area contributed by atoms with Crippen LogP contribution in [-0.4, -0.2) is 45.2 Å². The number of hydrogen-bond acceptors (Lipinski definition) is 7. The maximum atomic E-state index is 13.0. The van der Waals surface area contributed by atoms with Crippen LogP contribution in [0.1, 0.15) is 50.2 Å². The normalized spacial score (nSPS) is 16.5. The van der Waals surface area contributed by atoms with Crippen molar-refractivity contribution in [2.75, 3.05) is 5.32 Å². The number of urea groups is 1. The average Bonchev–Trinajstić information content (AvgIpc) is 3.39. The lowest BCUT2D eigenvalue weighted by atomic mass is 10.0. The van der Waals surface area contributed by atoms with Crippen molar-refractivity contribution in [1.29, 1.82) is 0 Å². The van der Waals surface area contributed by atoms with E-state index in [0.29, 0.717) is 28.9 Å². The van der Waals surface area contributed by atoms with E-state index in [2.05, 4.69) is 16.0 Å². The second-order valence-electron chi connectivity index (χ2n) is 10.3. The zero-order chi connectivity index (χ0) is 29.5. The topological polar surface area (TPSA) is 160 Å². The number of aryl methyl sites for hydroxylation is 1. The molecule has 3 N–H and O–H groups in total. The standard InChI is InChI=1S/C30H25N5O7/c1-16-3-2-4-18(11-16)15-34-22-8-6-19(13-24(22)42-30(34)41)32-29(40)31-14-17-5-7-20-21(12-17)28(39)35(27(20)38)23-9-10-25(36)33-26(23)37/h2-8,11-13,23H,9-10,14-15H2,1H3,(H2,31,32,40)(H,33,36,37). The average molecular weight is 568 g/mol. The molecule has 0 radical (unpaired) electrons. The summed E-state index contributed by atoms with van der Waals surface area (Å²) in [6.45, 7) is 2.37. The molecule has 0 spiro atoms. The van der Waals surface area contributed by atoms with Gasteiger partial charge >= 0.3 is 11.8 Å². The molecule has 6 amide bonds. The molecule has 1 fully saturated rings. The highest BCUT2D eigenvalue weighted by molar-refractivity contribution is 6.23. The fourth-order valence-electron chi connectivity index (χ4n) is 5.27. The summed E-state index contributed by atoms with van der Waals surface area (Å²) < 4.78 is 6.93. The van der Waals surface area contributed by atoms with Crippen molar-refractivity contribution in [3.63, 3.8) is 0 Å². The van der Waals surface area contributed by atoms with Gasteiger partial charge in [-0.05, 0) is 48.7 Å². The number of carbonyl (C=O) groups excluding carboxylic acids is 5. The van der Waals surface area contributed by atoms with Gasteiger partial charge in [0.1, 0.15) is 6.04 Å². The minimum absolute atomic E-state index is 0.0341. The third kappa shape index (κ3) is 4.94. The second-order valence-corrected chi connectivity index (χ2v) is 10.3. The minimum atomic E-state index is -1.05. The smallest absolute Gasteiger partial charge is 0.408 e. The Labute approximate surface area is 238 Å². The van der Waals surface area contributed by atoms with Crippen molar-refractivity contribution in [2.24, 2.45) is 0 Å². The summed E-state index contributed by atoms with van der Waals surface area (Å²) in [7, 11) is 0. The number of benzene rings is 3. The number of fused-ring (bicyclic) bond motifs is 2. The van der Waals surface area contributed by atoms with Crippen molar-refractivity contribution < 1.29 is 28.4 Å². The number of oxazole rings is 1. The lowest BCUT2D eigenvalue weighted by Gasteiger charge is -2.27. The van der Waals surface area contributed by atoms with Crippen LogP contribution in [-0.2, 0) is 22.7 Å². The minimum Gasteiger partial charge on any atom is -0.408 e. The van der Waals surface area contributed by atoms with Gasteiger partial charge < -0.3 is 15.1 Å². The first-order valence-corrected chi connectivity index (χ1v) is 13.3. The number of imide groups is 2. The van der Waals surface area contributed by atoms with Crippen LogP contribution in [0.15, 0.2) is 69.9 Å². The van der Waals surface area contributed by atoms with Crippen LogP contribution in [0.5, 0.6) is 0 Å². The molecular formula is C30H25N5O7. The van der Waals surface area contributed by atoms with E-state index in [9.17, 15) is 28.8 Å². The summed E-state index contributed by atoms with van der Waals surface area (Å²) >= 11 is 0. The summed E-state index contributed by atoms with van der Waals surface area (Å²) in [5.41, 5.74) is 4.21. The maximum Gasteiger partial charge on any atom is 0.420 e. The maximum absolute atomic E-state index is 13.0. The molecule has 3 heterocycles. The van der Waals surface area contributed by atoms with Crippen molar-refractivity contribution in [1.82, 2.24) is 20.1 Å². The van der Waals surface area contributed by atoms with Gasteiger partial charge in [-0.15, -0.1) is 0 Å². The van der Waals surface area contributed by atoms with E-state index < -0.39 is 41.5 Å². The predicted molar refractivity (Wildman–Crippen MR) is 150 cm³/mol. The molecule has 0 aliphatic carbocycles. The number of aromatic nitrogens is 1. The van der Waals surface area contributed by atoms with Gasteiger partial charge in [-0.3, -0.25) is 34.0 Å².